The highest BCUT2D eigenvalue weighted by atomic mass is 19.1. The Labute approximate surface area is 106 Å². The molecule has 0 bridgehead atoms. The molecule has 1 heterocycles. The molecule has 2 aromatic rings. The Balaban J connectivity index is 1.97. The minimum absolute atomic E-state index is 0.151. The average Bonchev–Trinajstić information content (AvgIpc) is 2.82. The summed E-state index contributed by atoms with van der Waals surface area (Å²) in [7, 11) is 0. The van der Waals surface area contributed by atoms with E-state index in [-0.39, 0.29) is 11.2 Å². The molecule has 0 atom stereocenters. The lowest BCUT2D eigenvalue weighted by molar-refractivity contribution is 0.441. The van der Waals surface area contributed by atoms with E-state index in [1.165, 1.54) is 6.07 Å². The van der Waals surface area contributed by atoms with Gasteiger partial charge < -0.3 is 10.3 Å². The lowest BCUT2D eigenvalue weighted by Crippen LogP contribution is -2.33. The fourth-order valence-corrected chi connectivity index (χ4v) is 1.99. The molecule has 0 spiro atoms. The Morgan fingerprint density at radius 3 is 2.78 bits per heavy atom. The van der Waals surface area contributed by atoms with Crippen LogP contribution >= 0.6 is 0 Å². The first-order valence-corrected chi connectivity index (χ1v) is 6.03. The van der Waals surface area contributed by atoms with Crippen molar-refractivity contribution in [1.82, 2.24) is 15.3 Å². The summed E-state index contributed by atoms with van der Waals surface area (Å²) >= 11 is 0. The Bertz CT molecular complexity index is 492. The van der Waals surface area contributed by atoms with E-state index in [1.54, 1.807) is 18.5 Å². The molecule has 96 valence electrons. The van der Waals surface area contributed by atoms with E-state index < -0.39 is 0 Å². The molecule has 3 nitrogen and oxygen atoms in total. The van der Waals surface area contributed by atoms with Gasteiger partial charge in [0.1, 0.15) is 11.6 Å². The van der Waals surface area contributed by atoms with Crippen LogP contribution in [0.4, 0.5) is 4.39 Å². The molecule has 4 heteroatoms. The summed E-state index contributed by atoms with van der Waals surface area (Å²) < 4.78 is 13.7. The van der Waals surface area contributed by atoms with Crippen molar-refractivity contribution in [2.45, 2.75) is 25.8 Å². The monoisotopic (exact) mass is 247 g/mol. The third-order valence-corrected chi connectivity index (χ3v) is 3.02. The van der Waals surface area contributed by atoms with E-state index in [4.69, 9.17) is 0 Å². The van der Waals surface area contributed by atoms with Crippen LogP contribution in [0.5, 0.6) is 0 Å². The van der Waals surface area contributed by atoms with Gasteiger partial charge in [0.2, 0.25) is 0 Å². The lowest BCUT2D eigenvalue weighted by Gasteiger charge is -2.26. The van der Waals surface area contributed by atoms with E-state index in [2.05, 4.69) is 15.3 Å². The van der Waals surface area contributed by atoms with Crippen molar-refractivity contribution in [2.75, 3.05) is 6.54 Å². The number of aromatic nitrogens is 2. The van der Waals surface area contributed by atoms with Gasteiger partial charge in [-0.1, -0.05) is 32.0 Å². The van der Waals surface area contributed by atoms with Crippen LogP contribution in [0, 0.1) is 5.82 Å². The molecule has 0 fully saturated rings. The predicted octanol–water partition coefficient (Wildman–Crippen LogP) is 2.62. The number of aromatic amines is 1. The summed E-state index contributed by atoms with van der Waals surface area (Å²) in [5, 5.41) is 3.29. The van der Waals surface area contributed by atoms with E-state index >= 15 is 0 Å². The number of nitrogens with one attached hydrogen (secondary N) is 2. The van der Waals surface area contributed by atoms with E-state index in [0.29, 0.717) is 13.1 Å². The highest BCUT2D eigenvalue weighted by molar-refractivity contribution is 5.25. The number of H-pyrrole nitrogens is 1. The molecule has 0 unspecified atom stereocenters. The van der Waals surface area contributed by atoms with E-state index in [0.717, 1.165) is 11.4 Å². The number of imidazole rings is 1. The van der Waals surface area contributed by atoms with Gasteiger partial charge in [0.25, 0.3) is 0 Å². The molecule has 1 aromatic carbocycles. The second-order valence-corrected chi connectivity index (χ2v) is 5.00. The molecule has 2 N–H and O–H groups in total. The second-order valence-electron chi connectivity index (χ2n) is 5.00. The lowest BCUT2D eigenvalue weighted by atomic mass is 9.84. The topological polar surface area (TPSA) is 40.7 Å². The Morgan fingerprint density at radius 1 is 1.33 bits per heavy atom. The first-order chi connectivity index (χ1) is 8.59. The van der Waals surface area contributed by atoms with Crippen LogP contribution in [0.25, 0.3) is 0 Å². The summed E-state index contributed by atoms with van der Waals surface area (Å²) in [6.07, 6.45) is 3.51. The minimum Gasteiger partial charge on any atom is -0.348 e. The van der Waals surface area contributed by atoms with Crippen molar-refractivity contribution >= 4 is 0 Å². The van der Waals surface area contributed by atoms with Gasteiger partial charge in [-0.2, -0.15) is 0 Å². The van der Waals surface area contributed by atoms with Crippen LogP contribution in [0.3, 0.4) is 0 Å². The third-order valence-electron chi connectivity index (χ3n) is 3.02. The molecule has 0 aliphatic carbocycles. The number of nitrogens with zero attached hydrogens (tertiary/aromatic N) is 1. The zero-order valence-electron chi connectivity index (χ0n) is 10.7. The summed E-state index contributed by atoms with van der Waals surface area (Å²) in [4.78, 5) is 7.16. The highest BCUT2D eigenvalue weighted by Gasteiger charge is 2.23. The maximum atomic E-state index is 13.7. The fraction of sp³-hybridized carbons (Fsp3) is 0.357. The fourth-order valence-electron chi connectivity index (χ4n) is 1.99. The number of hydrogen-bond acceptors (Lipinski definition) is 2. The molecule has 0 radical (unpaired) electrons. The predicted molar refractivity (Wildman–Crippen MR) is 69.7 cm³/mol. The molecular weight excluding hydrogens is 229 g/mol. The van der Waals surface area contributed by atoms with Crippen molar-refractivity contribution in [1.29, 1.82) is 0 Å². The van der Waals surface area contributed by atoms with Crippen LogP contribution in [-0.4, -0.2) is 16.5 Å². The Hall–Kier alpha value is -1.68. The van der Waals surface area contributed by atoms with Crippen LogP contribution in [0.2, 0.25) is 0 Å². The number of hydrogen-bond donors (Lipinski definition) is 2. The van der Waals surface area contributed by atoms with Crippen molar-refractivity contribution < 1.29 is 4.39 Å². The number of halogens is 1. The van der Waals surface area contributed by atoms with Crippen molar-refractivity contribution in [2.24, 2.45) is 0 Å². The van der Waals surface area contributed by atoms with E-state index in [9.17, 15) is 4.39 Å². The van der Waals surface area contributed by atoms with Gasteiger partial charge >= 0.3 is 0 Å². The molecule has 0 aliphatic rings. The minimum atomic E-state index is -0.252. The van der Waals surface area contributed by atoms with Gasteiger partial charge in [0.15, 0.2) is 0 Å². The quantitative estimate of drug-likeness (QED) is 0.852. The number of benzene rings is 1. The molecule has 0 saturated heterocycles. The second kappa shape index (κ2) is 5.31. The molecule has 0 amide bonds. The van der Waals surface area contributed by atoms with Crippen LogP contribution in [-0.2, 0) is 12.0 Å². The van der Waals surface area contributed by atoms with Crippen LogP contribution < -0.4 is 5.32 Å². The van der Waals surface area contributed by atoms with Gasteiger partial charge in [0, 0.05) is 24.4 Å². The molecular formula is C14H18FN3. The van der Waals surface area contributed by atoms with Gasteiger partial charge in [0.05, 0.1) is 6.54 Å². The van der Waals surface area contributed by atoms with E-state index in [1.807, 2.05) is 26.0 Å². The molecule has 0 aliphatic heterocycles. The van der Waals surface area contributed by atoms with Crippen molar-refractivity contribution in [3.63, 3.8) is 0 Å². The van der Waals surface area contributed by atoms with Crippen LogP contribution in [0.15, 0.2) is 36.7 Å². The normalized spacial score (nSPS) is 11.7. The zero-order chi connectivity index (χ0) is 13.0. The van der Waals surface area contributed by atoms with Crippen molar-refractivity contribution in [3.8, 4) is 0 Å². The van der Waals surface area contributed by atoms with Crippen LogP contribution in [0.1, 0.15) is 25.2 Å². The number of rotatable bonds is 5. The summed E-state index contributed by atoms with van der Waals surface area (Å²) in [5.74, 6) is 0.738. The van der Waals surface area contributed by atoms with Crippen molar-refractivity contribution in [3.05, 3.63) is 53.9 Å². The average molecular weight is 247 g/mol. The maximum Gasteiger partial charge on any atom is 0.126 e. The standard InChI is InChI=1S/C14H18FN3/c1-14(2,11-5-3-4-6-12(11)15)10-16-9-13-17-7-8-18-13/h3-8,16H,9-10H2,1-2H3,(H,17,18). The largest absolute Gasteiger partial charge is 0.348 e. The Kier molecular flexibility index (Phi) is 3.77. The van der Waals surface area contributed by atoms with Gasteiger partial charge in [-0.15, -0.1) is 0 Å². The summed E-state index contributed by atoms with van der Waals surface area (Å²) in [6.45, 7) is 5.40. The first kappa shape index (κ1) is 12.8. The summed E-state index contributed by atoms with van der Waals surface area (Å²) in [6, 6.07) is 6.92. The first-order valence-electron chi connectivity index (χ1n) is 6.03. The zero-order valence-corrected chi connectivity index (χ0v) is 10.7. The maximum absolute atomic E-state index is 13.7. The Morgan fingerprint density at radius 2 is 2.11 bits per heavy atom. The third kappa shape index (κ3) is 2.96. The van der Waals surface area contributed by atoms with Gasteiger partial charge in [-0.3, -0.25) is 0 Å². The molecule has 18 heavy (non-hydrogen) atoms. The highest BCUT2D eigenvalue weighted by Crippen LogP contribution is 2.24. The SMILES string of the molecule is CC(C)(CNCc1ncc[nH]1)c1ccccc1F. The molecule has 2 rings (SSSR count). The smallest absolute Gasteiger partial charge is 0.126 e. The molecule has 1 aromatic heterocycles. The summed E-state index contributed by atoms with van der Waals surface area (Å²) in [5.41, 5.74) is 0.481. The van der Waals surface area contributed by atoms with Gasteiger partial charge in [-0.25, -0.2) is 9.37 Å². The van der Waals surface area contributed by atoms with Gasteiger partial charge in [-0.05, 0) is 11.6 Å². The molecule has 0 saturated carbocycles.